The number of carbonyl (C=O) groups is 2. The topological polar surface area (TPSA) is 54.4 Å². The van der Waals surface area contributed by atoms with Crippen LogP contribution >= 0.6 is 11.6 Å². The third-order valence-corrected chi connectivity index (χ3v) is 4.27. The minimum Gasteiger partial charge on any atom is -0.481 e. The van der Waals surface area contributed by atoms with Gasteiger partial charge in [0, 0.05) is 16.5 Å². The van der Waals surface area contributed by atoms with Crippen molar-refractivity contribution in [3.8, 4) is 0 Å². The van der Waals surface area contributed by atoms with E-state index in [2.05, 4.69) is 0 Å². The van der Waals surface area contributed by atoms with Crippen LogP contribution in [-0.2, 0) is 4.79 Å². The highest BCUT2D eigenvalue weighted by Crippen LogP contribution is 2.40. The van der Waals surface area contributed by atoms with Crippen LogP contribution in [0, 0.1) is 17.8 Å². The second-order valence-corrected chi connectivity index (χ2v) is 5.60. The van der Waals surface area contributed by atoms with E-state index in [0.29, 0.717) is 29.3 Å². The molecule has 1 aliphatic carbocycles. The van der Waals surface area contributed by atoms with Crippen LogP contribution in [-0.4, -0.2) is 16.9 Å². The van der Waals surface area contributed by atoms with E-state index < -0.39 is 17.8 Å². The van der Waals surface area contributed by atoms with E-state index in [0.717, 1.165) is 6.42 Å². The van der Waals surface area contributed by atoms with E-state index in [1.54, 1.807) is 24.3 Å². The summed E-state index contributed by atoms with van der Waals surface area (Å²) in [5.74, 6) is -1.54. The zero-order valence-electron chi connectivity index (χ0n) is 10.8. The summed E-state index contributed by atoms with van der Waals surface area (Å²) < 4.78 is 0. The van der Waals surface area contributed by atoms with Gasteiger partial charge in [0.15, 0.2) is 5.78 Å². The van der Waals surface area contributed by atoms with Crippen molar-refractivity contribution in [3.63, 3.8) is 0 Å². The van der Waals surface area contributed by atoms with Crippen molar-refractivity contribution < 1.29 is 14.7 Å². The maximum absolute atomic E-state index is 12.4. The Hall–Kier alpha value is -1.35. The SMILES string of the molecule is CCC1CC(C(=O)O)C(C(=O)c2ccc(Cl)cc2)C1. The first-order chi connectivity index (χ1) is 9.02. The predicted molar refractivity (Wildman–Crippen MR) is 73.4 cm³/mol. The van der Waals surface area contributed by atoms with Crippen LogP contribution in [0.1, 0.15) is 36.5 Å². The summed E-state index contributed by atoms with van der Waals surface area (Å²) in [7, 11) is 0. The molecule has 1 aliphatic rings. The number of benzene rings is 1. The van der Waals surface area contributed by atoms with E-state index in [1.807, 2.05) is 6.92 Å². The summed E-state index contributed by atoms with van der Waals surface area (Å²) in [4.78, 5) is 23.7. The van der Waals surface area contributed by atoms with Crippen LogP contribution in [0.5, 0.6) is 0 Å². The Morgan fingerprint density at radius 1 is 1.21 bits per heavy atom. The lowest BCUT2D eigenvalue weighted by Crippen LogP contribution is -2.25. The van der Waals surface area contributed by atoms with Crippen LogP contribution in [0.25, 0.3) is 0 Å². The number of ketones is 1. The van der Waals surface area contributed by atoms with Crippen molar-refractivity contribution in [2.45, 2.75) is 26.2 Å². The Labute approximate surface area is 117 Å². The van der Waals surface area contributed by atoms with Crippen LogP contribution in [0.4, 0.5) is 0 Å². The van der Waals surface area contributed by atoms with E-state index in [9.17, 15) is 14.7 Å². The summed E-state index contributed by atoms with van der Waals surface area (Å²) in [5, 5.41) is 9.84. The Bertz CT molecular complexity index is 481. The molecule has 0 amide bonds. The fourth-order valence-corrected chi connectivity index (χ4v) is 2.99. The van der Waals surface area contributed by atoms with Gasteiger partial charge < -0.3 is 5.11 Å². The van der Waals surface area contributed by atoms with Gasteiger partial charge in [0.25, 0.3) is 0 Å². The Morgan fingerprint density at radius 3 is 2.32 bits per heavy atom. The number of hydrogen-bond donors (Lipinski definition) is 1. The van der Waals surface area contributed by atoms with Crippen molar-refractivity contribution in [1.82, 2.24) is 0 Å². The molecular formula is C15H17ClO3. The molecule has 0 spiro atoms. The summed E-state index contributed by atoms with van der Waals surface area (Å²) in [6, 6.07) is 6.67. The minimum absolute atomic E-state index is 0.0694. The molecule has 1 fully saturated rings. The van der Waals surface area contributed by atoms with Crippen LogP contribution in [0.2, 0.25) is 5.02 Å². The molecular weight excluding hydrogens is 264 g/mol. The highest BCUT2D eigenvalue weighted by molar-refractivity contribution is 6.30. The lowest BCUT2D eigenvalue weighted by molar-refractivity contribution is -0.142. The van der Waals surface area contributed by atoms with Crippen molar-refractivity contribution in [3.05, 3.63) is 34.9 Å². The van der Waals surface area contributed by atoms with Crippen molar-refractivity contribution in [2.24, 2.45) is 17.8 Å². The molecule has 19 heavy (non-hydrogen) atoms. The molecule has 0 aliphatic heterocycles. The molecule has 3 atom stereocenters. The van der Waals surface area contributed by atoms with Gasteiger partial charge in [-0.05, 0) is 43.0 Å². The molecule has 0 radical (unpaired) electrons. The molecule has 3 nitrogen and oxygen atoms in total. The molecule has 0 aromatic heterocycles. The van der Waals surface area contributed by atoms with Gasteiger partial charge in [0.2, 0.25) is 0 Å². The minimum atomic E-state index is -0.858. The van der Waals surface area contributed by atoms with Crippen molar-refractivity contribution in [2.75, 3.05) is 0 Å². The standard InChI is InChI=1S/C15H17ClO3/c1-2-9-7-12(13(8-9)15(18)19)14(17)10-3-5-11(16)6-4-10/h3-6,9,12-13H,2,7-8H2,1H3,(H,18,19). The average molecular weight is 281 g/mol. The van der Waals surface area contributed by atoms with Gasteiger partial charge in [-0.15, -0.1) is 0 Å². The summed E-state index contributed by atoms with van der Waals surface area (Å²) >= 11 is 5.80. The number of carboxylic acid groups (broad SMARTS) is 1. The Balaban J connectivity index is 2.21. The molecule has 0 saturated heterocycles. The predicted octanol–water partition coefficient (Wildman–Crippen LogP) is 3.66. The number of carboxylic acids is 1. The third-order valence-electron chi connectivity index (χ3n) is 4.02. The zero-order chi connectivity index (χ0) is 14.0. The van der Waals surface area contributed by atoms with Crippen molar-refractivity contribution >= 4 is 23.4 Å². The molecule has 1 aromatic carbocycles. The normalized spacial score (nSPS) is 26.3. The molecule has 1 N–H and O–H groups in total. The Kier molecular flexibility index (Phi) is 4.25. The molecule has 3 unspecified atom stereocenters. The highest BCUT2D eigenvalue weighted by Gasteiger charge is 2.42. The first-order valence-corrected chi connectivity index (χ1v) is 6.93. The fraction of sp³-hybridized carbons (Fsp3) is 0.467. The van der Waals surface area contributed by atoms with E-state index >= 15 is 0 Å². The lowest BCUT2D eigenvalue weighted by atomic mass is 9.88. The molecule has 0 heterocycles. The summed E-state index contributed by atoms with van der Waals surface area (Å²) in [6.07, 6.45) is 2.21. The first kappa shape index (κ1) is 14.1. The lowest BCUT2D eigenvalue weighted by Gasteiger charge is -2.14. The third kappa shape index (κ3) is 2.98. The number of halogens is 1. The zero-order valence-corrected chi connectivity index (χ0v) is 11.6. The quantitative estimate of drug-likeness (QED) is 0.856. The molecule has 4 heteroatoms. The van der Waals surface area contributed by atoms with Gasteiger partial charge in [-0.2, -0.15) is 0 Å². The second-order valence-electron chi connectivity index (χ2n) is 5.17. The van der Waals surface area contributed by atoms with Gasteiger partial charge in [0.1, 0.15) is 0 Å². The number of aliphatic carboxylic acids is 1. The van der Waals surface area contributed by atoms with Gasteiger partial charge >= 0.3 is 5.97 Å². The van der Waals surface area contributed by atoms with Gasteiger partial charge in [-0.3, -0.25) is 9.59 Å². The van der Waals surface area contributed by atoms with Gasteiger partial charge in [-0.1, -0.05) is 24.9 Å². The van der Waals surface area contributed by atoms with Gasteiger partial charge in [-0.25, -0.2) is 0 Å². The van der Waals surface area contributed by atoms with Crippen LogP contribution in [0.3, 0.4) is 0 Å². The monoisotopic (exact) mass is 280 g/mol. The molecule has 1 aromatic rings. The maximum atomic E-state index is 12.4. The van der Waals surface area contributed by atoms with Crippen LogP contribution in [0.15, 0.2) is 24.3 Å². The van der Waals surface area contributed by atoms with E-state index in [1.165, 1.54) is 0 Å². The molecule has 2 rings (SSSR count). The molecule has 0 bridgehead atoms. The second kappa shape index (κ2) is 5.74. The number of Topliss-reactive ketones (excluding diaryl/α,β-unsaturated/α-hetero) is 1. The first-order valence-electron chi connectivity index (χ1n) is 6.55. The number of hydrogen-bond acceptors (Lipinski definition) is 2. The fourth-order valence-electron chi connectivity index (χ4n) is 2.87. The number of carbonyl (C=O) groups excluding carboxylic acids is 1. The highest BCUT2D eigenvalue weighted by atomic mass is 35.5. The van der Waals surface area contributed by atoms with Gasteiger partial charge in [0.05, 0.1) is 5.92 Å². The van der Waals surface area contributed by atoms with E-state index in [4.69, 9.17) is 11.6 Å². The Morgan fingerprint density at radius 2 is 1.79 bits per heavy atom. The molecule has 102 valence electrons. The van der Waals surface area contributed by atoms with Crippen LogP contribution < -0.4 is 0 Å². The van der Waals surface area contributed by atoms with E-state index in [-0.39, 0.29) is 5.78 Å². The maximum Gasteiger partial charge on any atom is 0.307 e. The average Bonchev–Trinajstić information content (AvgIpc) is 2.83. The largest absolute Gasteiger partial charge is 0.481 e. The smallest absolute Gasteiger partial charge is 0.307 e. The van der Waals surface area contributed by atoms with Crippen molar-refractivity contribution in [1.29, 1.82) is 0 Å². The summed E-state index contributed by atoms with van der Waals surface area (Å²) in [6.45, 7) is 2.04. The number of rotatable bonds is 4. The molecule has 1 saturated carbocycles. The summed E-state index contributed by atoms with van der Waals surface area (Å²) in [5.41, 5.74) is 0.553.